The van der Waals surface area contributed by atoms with E-state index in [2.05, 4.69) is 10.2 Å². The summed E-state index contributed by atoms with van der Waals surface area (Å²) in [4.78, 5) is 28.3. The normalized spacial score (nSPS) is 20.3. The Morgan fingerprint density at radius 3 is 2.70 bits per heavy atom. The molecule has 1 fully saturated rings. The molecule has 1 N–H and O–H groups in total. The number of hydrogen-bond acceptors (Lipinski definition) is 5. The molecule has 2 aliphatic heterocycles. The minimum Gasteiger partial charge on any atom is -0.444 e. The van der Waals surface area contributed by atoms with E-state index in [1.165, 1.54) is 0 Å². The molecule has 0 aliphatic carbocycles. The molecule has 0 spiro atoms. The summed E-state index contributed by atoms with van der Waals surface area (Å²) in [6.07, 6.45) is -0.715. The Balaban J connectivity index is 1.55. The van der Waals surface area contributed by atoms with Crippen molar-refractivity contribution in [3.63, 3.8) is 0 Å². The van der Waals surface area contributed by atoms with Crippen LogP contribution in [0.1, 0.15) is 37.5 Å². The number of carbonyl (C=O) groups is 2. The number of carbonyl (C=O) groups excluding carboxylic acids is 2. The molecule has 7 heteroatoms. The third-order valence-electron chi connectivity index (χ3n) is 4.67. The summed E-state index contributed by atoms with van der Waals surface area (Å²) >= 11 is 0. The van der Waals surface area contributed by atoms with Crippen molar-refractivity contribution in [3.8, 4) is 0 Å². The van der Waals surface area contributed by atoms with Crippen LogP contribution in [-0.2, 0) is 33.9 Å². The molecule has 0 bridgehead atoms. The highest BCUT2D eigenvalue weighted by Gasteiger charge is 2.28. The van der Waals surface area contributed by atoms with E-state index in [0.717, 1.165) is 23.2 Å². The third-order valence-corrected chi connectivity index (χ3v) is 4.67. The first-order valence-electron chi connectivity index (χ1n) is 9.38. The standard InChI is InChI=1S/C20H29N3O4/c1-20(2,3)27-19(25)23-11-15-6-5-14(9-16(15)12-23)10-21-18(24)17-13-22(4)7-8-26-17/h5-6,9,17H,7-8,10-13H2,1-4H3,(H,21,24)/t17-/m1/s1. The lowest BCUT2D eigenvalue weighted by atomic mass is 10.1. The molecule has 1 saturated heterocycles. The van der Waals surface area contributed by atoms with Crippen LogP contribution in [0.2, 0.25) is 0 Å². The zero-order valence-electron chi connectivity index (χ0n) is 16.6. The number of likely N-dealkylation sites (N-methyl/N-ethyl adjacent to an activating group) is 1. The first-order chi connectivity index (χ1) is 12.7. The van der Waals surface area contributed by atoms with Crippen LogP contribution in [0, 0.1) is 0 Å². The average Bonchev–Trinajstić information content (AvgIpc) is 3.01. The molecule has 1 atom stereocenters. The smallest absolute Gasteiger partial charge is 0.410 e. The fraction of sp³-hybridized carbons (Fsp3) is 0.600. The largest absolute Gasteiger partial charge is 0.444 e. The van der Waals surface area contributed by atoms with Crippen molar-refractivity contribution in [2.45, 2.75) is 52.1 Å². The van der Waals surface area contributed by atoms with Crippen LogP contribution in [0.5, 0.6) is 0 Å². The Kier molecular flexibility index (Phi) is 5.72. The van der Waals surface area contributed by atoms with Crippen molar-refractivity contribution in [1.82, 2.24) is 15.1 Å². The Morgan fingerprint density at radius 1 is 1.26 bits per heavy atom. The minimum atomic E-state index is -0.503. The van der Waals surface area contributed by atoms with E-state index >= 15 is 0 Å². The molecular weight excluding hydrogens is 346 g/mol. The van der Waals surface area contributed by atoms with Gasteiger partial charge in [-0.1, -0.05) is 18.2 Å². The summed E-state index contributed by atoms with van der Waals surface area (Å²) in [5.74, 6) is -0.0857. The first-order valence-corrected chi connectivity index (χ1v) is 9.38. The van der Waals surface area contributed by atoms with Crippen LogP contribution in [0.4, 0.5) is 4.79 Å². The monoisotopic (exact) mass is 375 g/mol. The van der Waals surface area contributed by atoms with E-state index in [1.54, 1.807) is 4.90 Å². The highest BCUT2D eigenvalue weighted by Crippen LogP contribution is 2.25. The lowest BCUT2D eigenvalue weighted by Crippen LogP contribution is -2.48. The van der Waals surface area contributed by atoms with Crippen molar-refractivity contribution in [1.29, 1.82) is 0 Å². The lowest BCUT2D eigenvalue weighted by molar-refractivity contribution is -0.138. The fourth-order valence-corrected chi connectivity index (χ4v) is 3.25. The number of morpholine rings is 1. The van der Waals surface area contributed by atoms with Gasteiger partial charge >= 0.3 is 6.09 Å². The Morgan fingerprint density at radius 2 is 2.00 bits per heavy atom. The Bertz CT molecular complexity index is 714. The first kappa shape index (κ1) is 19.6. The number of hydrogen-bond donors (Lipinski definition) is 1. The number of amides is 2. The average molecular weight is 375 g/mol. The number of fused-ring (bicyclic) bond motifs is 1. The fourth-order valence-electron chi connectivity index (χ4n) is 3.25. The molecule has 1 aromatic rings. The van der Waals surface area contributed by atoms with Crippen LogP contribution in [0.15, 0.2) is 18.2 Å². The molecule has 1 aromatic carbocycles. The van der Waals surface area contributed by atoms with Gasteiger partial charge < -0.3 is 19.7 Å². The molecule has 7 nitrogen and oxygen atoms in total. The molecular formula is C20H29N3O4. The van der Waals surface area contributed by atoms with Gasteiger partial charge in [-0.15, -0.1) is 0 Å². The summed E-state index contributed by atoms with van der Waals surface area (Å²) in [5.41, 5.74) is 2.73. The van der Waals surface area contributed by atoms with Crippen LogP contribution < -0.4 is 5.32 Å². The quantitative estimate of drug-likeness (QED) is 0.874. The van der Waals surface area contributed by atoms with Gasteiger partial charge in [-0.2, -0.15) is 0 Å². The maximum Gasteiger partial charge on any atom is 0.410 e. The zero-order chi connectivity index (χ0) is 19.6. The number of ether oxygens (including phenoxy) is 2. The number of nitrogens with one attached hydrogen (secondary N) is 1. The van der Waals surface area contributed by atoms with Crippen LogP contribution in [0.25, 0.3) is 0 Å². The second kappa shape index (κ2) is 7.86. The van der Waals surface area contributed by atoms with E-state index in [4.69, 9.17) is 9.47 Å². The highest BCUT2D eigenvalue weighted by molar-refractivity contribution is 5.81. The van der Waals surface area contributed by atoms with E-state index in [-0.39, 0.29) is 12.0 Å². The molecule has 3 rings (SSSR count). The van der Waals surface area contributed by atoms with Crippen molar-refractivity contribution in [3.05, 3.63) is 34.9 Å². The summed E-state index contributed by atoms with van der Waals surface area (Å²) in [6.45, 7) is 9.16. The van der Waals surface area contributed by atoms with E-state index in [1.807, 2.05) is 46.0 Å². The van der Waals surface area contributed by atoms with Crippen molar-refractivity contribution in [2.24, 2.45) is 0 Å². The van der Waals surface area contributed by atoms with E-state index in [9.17, 15) is 9.59 Å². The van der Waals surface area contributed by atoms with Crippen molar-refractivity contribution in [2.75, 3.05) is 26.7 Å². The van der Waals surface area contributed by atoms with Gasteiger partial charge in [-0.05, 0) is 44.5 Å². The van der Waals surface area contributed by atoms with Gasteiger partial charge in [-0.25, -0.2) is 4.79 Å². The molecule has 148 valence electrons. The SMILES string of the molecule is CN1CCO[C@@H](C(=O)NCc2ccc3c(c2)CN(C(=O)OC(C)(C)C)C3)C1. The van der Waals surface area contributed by atoms with Gasteiger partial charge in [0.1, 0.15) is 11.7 Å². The topological polar surface area (TPSA) is 71.1 Å². The summed E-state index contributed by atoms with van der Waals surface area (Å²) in [7, 11) is 1.99. The zero-order valence-corrected chi connectivity index (χ0v) is 16.6. The van der Waals surface area contributed by atoms with Gasteiger partial charge in [0, 0.05) is 32.7 Å². The summed E-state index contributed by atoms with van der Waals surface area (Å²) < 4.78 is 11.0. The highest BCUT2D eigenvalue weighted by atomic mass is 16.6. The molecule has 2 amide bonds. The molecule has 2 heterocycles. The van der Waals surface area contributed by atoms with Gasteiger partial charge in [-0.3, -0.25) is 9.69 Å². The maximum atomic E-state index is 12.3. The van der Waals surface area contributed by atoms with Gasteiger partial charge in [0.15, 0.2) is 0 Å². The summed E-state index contributed by atoms with van der Waals surface area (Å²) in [6, 6.07) is 6.06. The Hall–Kier alpha value is -2.12. The molecule has 27 heavy (non-hydrogen) atoms. The second-order valence-electron chi connectivity index (χ2n) is 8.28. The van der Waals surface area contributed by atoms with Gasteiger partial charge in [0.25, 0.3) is 5.91 Å². The minimum absolute atomic E-state index is 0.0857. The summed E-state index contributed by atoms with van der Waals surface area (Å²) in [5, 5.41) is 2.95. The lowest BCUT2D eigenvalue weighted by Gasteiger charge is -2.29. The van der Waals surface area contributed by atoms with Crippen LogP contribution >= 0.6 is 0 Å². The molecule has 0 saturated carbocycles. The molecule has 0 unspecified atom stereocenters. The van der Waals surface area contributed by atoms with Crippen LogP contribution in [0.3, 0.4) is 0 Å². The van der Waals surface area contributed by atoms with Crippen LogP contribution in [-0.4, -0.2) is 60.2 Å². The van der Waals surface area contributed by atoms with Crippen molar-refractivity contribution < 1.29 is 19.1 Å². The number of rotatable bonds is 3. The third kappa shape index (κ3) is 5.20. The predicted octanol–water partition coefficient (Wildman–Crippen LogP) is 1.88. The molecule has 0 aromatic heterocycles. The number of nitrogens with zero attached hydrogens (tertiary/aromatic N) is 2. The number of benzene rings is 1. The van der Waals surface area contributed by atoms with Gasteiger partial charge in [0.05, 0.1) is 6.61 Å². The van der Waals surface area contributed by atoms with Crippen molar-refractivity contribution >= 4 is 12.0 Å². The second-order valence-corrected chi connectivity index (χ2v) is 8.28. The Labute approximate surface area is 160 Å². The molecule has 0 radical (unpaired) electrons. The van der Waals surface area contributed by atoms with Gasteiger partial charge in [0.2, 0.25) is 0 Å². The van der Waals surface area contributed by atoms with E-state index in [0.29, 0.717) is 32.8 Å². The predicted molar refractivity (Wildman–Crippen MR) is 101 cm³/mol. The molecule has 2 aliphatic rings. The maximum absolute atomic E-state index is 12.3. The van der Waals surface area contributed by atoms with E-state index < -0.39 is 11.7 Å².